The lowest BCUT2D eigenvalue weighted by Crippen LogP contribution is -2.31. The summed E-state index contributed by atoms with van der Waals surface area (Å²) in [6, 6.07) is 4.46. The van der Waals surface area contributed by atoms with E-state index in [1.165, 1.54) is 0 Å². The van der Waals surface area contributed by atoms with Crippen molar-refractivity contribution in [1.29, 1.82) is 0 Å². The minimum atomic E-state index is 0.118. The van der Waals surface area contributed by atoms with Gasteiger partial charge in [0.25, 0.3) is 5.56 Å². The average Bonchev–Trinajstić information content (AvgIpc) is 2.30. The summed E-state index contributed by atoms with van der Waals surface area (Å²) >= 11 is 0. The molecular formula is C14H24N2O. The van der Waals surface area contributed by atoms with Crippen molar-refractivity contribution >= 4 is 0 Å². The van der Waals surface area contributed by atoms with Crippen LogP contribution in [0.25, 0.3) is 0 Å². The molecule has 0 bridgehead atoms. The fourth-order valence-corrected chi connectivity index (χ4v) is 1.84. The number of aromatic nitrogens is 1. The monoisotopic (exact) mass is 236 g/mol. The van der Waals surface area contributed by atoms with E-state index in [-0.39, 0.29) is 5.56 Å². The van der Waals surface area contributed by atoms with Gasteiger partial charge in [0, 0.05) is 30.9 Å². The highest BCUT2D eigenvalue weighted by Crippen LogP contribution is 2.11. The van der Waals surface area contributed by atoms with Gasteiger partial charge >= 0.3 is 0 Å². The first kappa shape index (κ1) is 14.0. The van der Waals surface area contributed by atoms with Crippen molar-refractivity contribution in [1.82, 2.24) is 9.88 Å². The molecule has 0 saturated carbocycles. The molecular weight excluding hydrogens is 212 g/mol. The van der Waals surface area contributed by atoms with E-state index < -0.39 is 0 Å². The van der Waals surface area contributed by atoms with Crippen LogP contribution in [0.5, 0.6) is 0 Å². The molecule has 0 saturated heterocycles. The van der Waals surface area contributed by atoms with E-state index in [0.29, 0.717) is 18.5 Å². The molecule has 1 rings (SSSR count). The zero-order valence-electron chi connectivity index (χ0n) is 11.6. The maximum Gasteiger partial charge on any atom is 0.254 e. The fourth-order valence-electron chi connectivity index (χ4n) is 1.84. The number of rotatable bonds is 5. The molecule has 0 radical (unpaired) electrons. The first-order valence-corrected chi connectivity index (χ1v) is 6.39. The van der Waals surface area contributed by atoms with Gasteiger partial charge in [-0.05, 0) is 25.3 Å². The second-order valence-corrected chi connectivity index (χ2v) is 4.99. The standard InChI is InChI=1S/C14H24N2O/c1-6-11(4)15-9-12-7-8-13(10(2)3)16(5)14(12)17/h7-8,10-11,15H,6,9H2,1-5H3. The molecule has 17 heavy (non-hydrogen) atoms. The van der Waals surface area contributed by atoms with Gasteiger partial charge in [-0.15, -0.1) is 0 Å². The van der Waals surface area contributed by atoms with Gasteiger partial charge in [0.2, 0.25) is 0 Å². The molecule has 3 heteroatoms. The maximum absolute atomic E-state index is 12.1. The molecule has 0 aliphatic rings. The fraction of sp³-hybridized carbons (Fsp3) is 0.643. The lowest BCUT2D eigenvalue weighted by atomic mass is 10.1. The Balaban J connectivity index is 2.90. The van der Waals surface area contributed by atoms with E-state index in [1.807, 2.05) is 13.1 Å². The van der Waals surface area contributed by atoms with Gasteiger partial charge in [-0.25, -0.2) is 0 Å². The third-order valence-corrected chi connectivity index (χ3v) is 3.27. The zero-order chi connectivity index (χ0) is 13.0. The van der Waals surface area contributed by atoms with Crippen molar-refractivity contribution < 1.29 is 0 Å². The van der Waals surface area contributed by atoms with Crippen molar-refractivity contribution in [3.63, 3.8) is 0 Å². The summed E-state index contributed by atoms with van der Waals surface area (Å²) in [5.74, 6) is 0.379. The zero-order valence-corrected chi connectivity index (χ0v) is 11.6. The molecule has 1 N–H and O–H groups in total. The Morgan fingerprint density at radius 3 is 2.47 bits per heavy atom. The van der Waals surface area contributed by atoms with Crippen molar-refractivity contribution in [2.75, 3.05) is 0 Å². The molecule has 1 unspecified atom stereocenters. The number of hydrogen-bond acceptors (Lipinski definition) is 2. The molecule has 1 atom stereocenters. The molecule has 0 amide bonds. The lowest BCUT2D eigenvalue weighted by Gasteiger charge is -2.15. The number of nitrogens with zero attached hydrogens (tertiary/aromatic N) is 1. The molecule has 0 spiro atoms. The van der Waals surface area contributed by atoms with E-state index in [2.05, 4.69) is 39.1 Å². The third kappa shape index (κ3) is 3.43. The molecule has 1 heterocycles. The molecule has 96 valence electrons. The normalized spacial score (nSPS) is 13.1. The van der Waals surface area contributed by atoms with Crippen molar-refractivity contribution in [3.05, 3.63) is 33.7 Å². The van der Waals surface area contributed by atoms with E-state index >= 15 is 0 Å². The molecule has 0 fully saturated rings. The van der Waals surface area contributed by atoms with Crippen LogP contribution in [0, 0.1) is 0 Å². The van der Waals surface area contributed by atoms with Crippen molar-refractivity contribution in [2.24, 2.45) is 7.05 Å². The first-order chi connectivity index (χ1) is 7.97. The Hall–Kier alpha value is -1.09. The van der Waals surface area contributed by atoms with Crippen LogP contribution >= 0.6 is 0 Å². The van der Waals surface area contributed by atoms with Gasteiger partial charge in [-0.2, -0.15) is 0 Å². The number of hydrogen-bond donors (Lipinski definition) is 1. The van der Waals surface area contributed by atoms with E-state index in [0.717, 1.165) is 17.7 Å². The van der Waals surface area contributed by atoms with Gasteiger partial charge in [0.1, 0.15) is 0 Å². The van der Waals surface area contributed by atoms with Gasteiger partial charge < -0.3 is 9.88 Å². The summed E-state index contributed by atoms with van der Waals surface area (Å²) in [4.78, 5) is 12.1. The third-order valence-electron chi connectivity index (χ3n) is 3.27. The van der Waals surface area contributed by atoms with Crippen LogP contribution in [0.2, 0.25) is 0 Å². The second kappa shape index (κ2) is 6.01. The van der Waals surface area contributed by atoms with E-state index in [9.17, 15) is 4.79 Å². The first-order valence-electron chi connectivity index (χ1n) is 6.39. The largest absolute Gasteiger partial charge is 0.315 e. The quantitative estimate of drug-likeness (QED) is 0.851. The predicted octanol–water partition coefficient (Wildman–Crippen LogP) is 2.40. The summed E-state index contributed by atoms with van der Waals surface area (Å²) in [6.07, 6.45) is 1.07. The van der Waals surface area contributed by atoms with Gasteiger partial charge in [-0.3, -0.25) is 4.79 Å². The van der Waals surface area contributed by atoms with Crippen LogP contribution in [0.15, 0.2) is 16.9 Å². The Bertz CT molecular complexity index is 421. The van der Waals surface area contributed by atoms with Gasteiger partial charge in [0.15, 0.2) is 0 Å². The minimum Gasteiger partial charge on any atom is -0.315 e. The van der Waals surface area contributed by atoms with Crippen LogP contribution in [0.4, 0.5) is 0 Å². The maximum atomic E-state index is 12.1. The van der Waals surface area contributed by atoms with Crippen LogP contribution < -0.4 is 10.9 Å². The van der Waals surface area contributed by atoms with Crippen LogP contribution in [0.3, 0.4) is 0 Å². The summed E-state index contributed by atoms with van der Waals surface area (Å²) < 4.78 is 1.76. The van der Waals surface area contributed by atoms with E-state index in [4.69, 9.17) is 0 Å². The van der Waals surface area contributed by atoms with Crippen LogP contribution in [-0.4, -0.2) is 10.6 Å². The summed E-state index contributed by atoms with van der Waals surface area (Å²) in [6.45, 7) is 9.13. The lowest BCUT2D eigenvalue weighted by molar-refractivity contribution is 0.529. The Labute approximate surface area is 104 Å². The van der Waals surface area contributed by atoms with Crippen LogP contribution in [-0.2, 0) is 13.6 Å². The molecule has 0 aliphatic carbocycles. The molecule has 3 nitrogen and oxygen atoms in total. The topological polar surface area (TPSA) is 34.0 Å². The summed E-state index contributed by atoms with van der Waals surface area (Å²) in [7, 11) is 1.85. The van der Waals surface area contributed by atoms with Crippen LogP contribution in [0.1, 0.15) is 51.3 Å². The molecule has 1 aromatic heterocycles. The molecule has 1 aromatic rings. The Morgan fingerprint density at radius 2 is 1.94 bits per heavy atom. The average molecular weight is 236 g/mol. The van der Waals surface area contributed by atoms with Crippen molar-refractivity contribution in [2.45, 2.75) is 52.6 Å². The SMILES string of the molecule is CCC(C)NCc1ccc(C(C)C)n(C)c1=O. The number of nitrogens with one attached hydrogen (secondary N) is 1. The Morgan fingerprint density at radius 1 is 1.29 bits per heavy atom. The molecule has 0 aliphatic heterocycles. The highest BCUT2D eigenvalue weighted by Gasteiger charge is 2.08. The van der Waals surface area contributed by atoms with Crippen molar-refractivity contribution in [3.8, 4) is 0 Å². The smallest absolute Gasteiger partial charge is 0.254 e. The van der Waals surface area contributed by atoms with Gasteiger partial charge in [-0.1, -0.05) is 26.8 Å². The van der Waals surface area contributed by atoms with E-state index in [1.54, 1.807) is 4.57 Å². The summed E-state index contributed by atoms with van der Waals surface area (Å²) in [5.41, 5.74) is 2.05. The highest BCUT2D eigenvalue weighted by molar-refractivity contribution is 5.18. The second-order valence-electron chi connectivity index (χ2n) is 4.99. The molecule has 0 aromatic carbocycles. The highest BCUT2D eigenvalue weighted by atomic mass is 16.1. The minimum absolute atomic E-state index is 0.118. The number of pyridine rings is 1. The summed E-state index contributed by atoms with van der Waals surface area (Å²) in [5, 5.41) is 3.35. The predicted molar refractivity (Wildman–Crippen MR) is 72.4 cm³/mol. The van der Waals surface area contributed by atoms with Gasteiger partial charge in [0.05, 0.1) is 0 Å². The Kier molecular flexibility index (Phi) is 4.94.